The number of aromatic nitrogens is 3. The first kappa shape index (κ1) is 11.0. The van der Waals surface area contributed by atoms with E-state index in [1.54, 1.807) is 11.8 Å². The molecule has 0 atom stereocenters. The molecule has 0 fully saturated rings. The second-order valence-electron chi connectivity index (χ2n) is 3.72. The molecule has 0 aliphatic carbocycles. The predicted octanol–water partition coefficient (Wildman–Crippen LogP) is 2.78. The highest BCUT2D eigenvalue weighted by Gasteiger charge is 2.00. The Morgan fingerprint density at radius 3 is 2.56 bits per heavy atom. The molecule has 16 heavy (non-hydrogen) atoms. The van der Waals surface area contributed by atoms with Crippen LogP contribution in [0.4, 0.5) is 5.69 Å². The molecular formula is C11H14N4S. The normalized spacial score (nSPS) is 10.7. The third kappa shape index (κ3) is 3.00. The number of H-pyrrole nitrogens is 1. The average molecular weight is 234 g/mol. The van der Waals surface area contributed by atoms with Gasteiger partial charge in [-0.15, -0.1) is 0 Å². The van der Waals surface area contributed by atoms with Gasteiger partial charge in [-0.1, -0.05) is 11.8 Å². The molecule has 5 heteroatoms. The number of aromatic amines is 1. The van der Waals surface area contributed by atoms with E-state index in [-0.39, 0.29) is 0 Å². The summed E-state index contributed by atoms with van der Waals surface area (Å²) in [5.41, 5.74) is 1.14. The first-order valence-corrected chi connectivity index (χ1v) is 5.95. The minimum absolute atomic E-state index is 0.452. The van der Waals surface area contributed by atoms with Gasteiger partial charge in [-0.2, -0.15) is 5.10 Å². The van der Waals surface area contributed by atoms with Crippen LogP contribution in [-0.4, -0.2) is 21.2 Å². The SMILES string of the molecule is CC(C)Nc1ccc(Sc2ncn[nH]2)cc1. The zero-order valence-corrected chi connectivity index (χ0v) is 10.1. The summed E-state index contributed by atoms with van der Waals surface area (Å²) in [4.78, 5) is 5.21. The van der Waals surface area contributed by atoms with Crippen molar-refractivity contribution in [2.24, 2.45) is 0 Å². The van der Waals surface area contributed by atoms with Crippen LogP contribution in [0.3, 0.4) is 0 Å². The van der Waals surface area contributed by atoms with Gasteiger partial charge in [-0.25, -0.2) is 4.98 Å². The summed E-state index contributed by atoms with van der Waals surface area (Å²) in [5, 5.41) is 10.8. The highest BCUT2D eigenvalue weighted by Crippen LogP contribution is 2.25. The van der Waals surface area contributed by atoms with Gasteiger partial charge in [0, 0.05) is 16.6 Å². The van der Waals surface area contributed by atoms with Crippen LogP contribution in [0.5, 0.6) is 0 Å². The van der Waals surface area contributed by atoms with E-state index in [4.69, 9.17) is 0 Å². The van der Waals surface area contributed by atoms with Crippen molar-refractivity contribution in [3.8, 4) is 0 Å². The molecule has 1 aromatic heterocycles. The molecule has 4 nitrogen and oxygen atoms in total. The first-order chi connectivity index (χ1) is 7.74. The lowest BCUT2D eigenvalue weighted by Gasteiger charge is -2.09. The molecule has 0 unspecified atom stereocenters. The maximum Gasteiger partial charge on any atom is 0.188 e. The van der Waals surface area contributed by atoms with Gasteiger partial charge in [0.05, 0.1) is 0 Å². The molecule has 2 aromatic rings. The van der Waals surface area contributed by atoms with Gasteiger partial charge in [0.15, 0.2) is 5.16 Å². The number of rotatable bonds is 4. The number of benzene rings is 1. The van der Waals surface area contributed by atoms with E-state index >= 15 is 0 Å². The van der Waals surface area contributed by atoms with Crippen molar-refractivity contribution < 1.29 is 0 Å². The Hall–Kier alpha value is -1.49. The molecule has 0 aliphatic heterocycles. The second kappa shape index (κ2) is 5.03. The van der Waals surface area contributed by atoms with Gasteiger partial charge in [-0.3, -0.25) is 5.10 Å². The lowest BCUT2D eigenvalue weighted by atomic mass is 10.3. The zero-order chi connectivity index (χ0) is 11.4. The van der Waals surface area contributed by atoms with Crippen LogP contribution in [-0.2, 0) is 0 Å². The van der Waals surface area contributed by atoms with E-state index in [1.165, 1.54) is 6.33 Å². The fraction of sp³-hybridized carbons (Fsp3) is 0.273. The van der Waals surface area contributed by atoms with Gasteiger partial charge in [0.25, 0.3) is 0 Å². The number of nitrogens with zero attached hydrogens (tertiary/aromatic N) is 2. The molecule has 2 N–H and O–H groups in total. The molecule has 1 heterocycles. The van der Waals surface area contributed by atoms with Crippen LogP contribution in [0, 0.1) is 0 Å². The fourth-order valence-electron chi connectivity index (χ4n) is 1.31. The molecule has 1 aromatic carbocycles. The summed E-state index contributed by atoms with van der Waals surface area (Å²) in [6, 6.07) is 8.72. The third-order valence-corrected chi connectivity index (χ3v) is 2.82. The molecule has 0 amide bonds. The summed E-state index contributed by atoms with van der Waals surface area (Å²) in [7, 11) is 0. The predicted molar refractivity (Wildman–Crippen MR) is 65.7 cm³/mol. The molecule has 84 valence electrons. The van der Waals surface area contributed by atoms with Crippen molar-refractivity contribution in [2.45, 2.75) is 29.9 Å². The van der Waals surface area contributed by atoms with Crippen molar-refractivity contribution >= 4 is 17.4 Å². The van der Waals surface area contributed by atoms with Crippen LogP contribution in [0.1, 0.15) is 13.8 Å². The minimum Gasteiger partial charge on any atom is -0.383 e. The molecule has 2 rings (SSSR count). The second-order valence-corrected chi connectivity index (χ2v) is 4.78. The number of hydrogen-bond acceptors (Lipinski definition) is 4. The number of anilines is 1. The van der Waals surface area contributed by atoms with Crippen molar-refractivity contribution in [3.63, 3.8) is 0 Å². The van der Waals surface area contributed by atoms with Crippen LogP contribution in [0.25, 0.3) is 0 Å². The third-order valence-electron chi connectivity index (χ3n) is 1.92. The van der Waals surface area contributed by atoms with Crippen molar-refractivity contribution in [1.82, 2.24) is 15.2 Å². The Morgan fingerprint density at radius 2 is 2.00 bits per heavy atom. The van der Waals surface area contributed by atoms with E-state index in [0.29, 0.717) is 6.04 Å². The molecular weight excluding hydrogens is 220 g/mol. The van der Waals surface area contributed by atoms with Gasteiger partial charge in [0.1, 0.15) is 6.33 Å². The van der Waals surface area contributed by atoms with Crippen LogP contribution in [0.15, 0.2) is 40.6 Å². The topological polar surface area (TPSA) is 53.6 Å². The maximum atomic E-state index is 4.06. The van der Waals surface area contributed by atoms with E-state index < -0.39 is 0 Å². The molecule has 0 saturated heterocycles. The average Bonchev–Trinajstić information content (AvgIpc) is 2.73. The van der Waals surface area contributed by atoms with Crippen LogP contribution in [0.2, 0.25) is 0 Å². The van der Waals surface area contributed by atoms with Crippen molar-refractivity contribution in [2.75, 3.05) is 5.32 Å². The Bertz CT molecular complexity index is 422. The Balaban J connectivity index is 2.02. The smallest absolute Gasteiger partial charge is 0.188 e. The first-order valence-electron chi connectivity index (χ1n) is 5.14. The Morgan fingerprint density at radius 1 is 1.25 bits per heavy atom. The van der Waals surface area contributed by atoms with Gasteiger partial charge in [0.2, 0.25) is 0 Å². The van der Waals surface area contributed by atoms with Crippen LogP contribution < -0.4 is 5.32 Å². The standard InChI is InChI=1S/C11H14N4S/c1-8(2)14-9-3-5-10(6-4-9)16-11-12-7-13-15-11/h3-8,14H,1-2H3,(H,12,13,15). The Kier molecular flexibility index (Phi) is 3.46. The highest BCUT2D eigenvalue weighted by atomic mass is 32.2. The lowest BCUT2D eigenvalue weighted by Crippen LogP contribution is -2.09. The molecule has 0 bridgehead atoms. The molecule has 0 radical (unpaired) electrons. The molecule has 0 spiro atoms. The summed E-state index contributed by atoms with van der Waals surface area (Å²) in [6.45, 7) is 4.24. The largest absolute Gasteiger partial charge is 0.383 e. The van der Waals surface area contributed by atoms with Gasteiger partial charge in [-0.05, 0) is 38.1 Å². The fourth-order valence-corrected chi connectivity index (χ4v) is 2.00. The van der Waals surface area contributed by atoms with Gasteiger partial charge < -0.3 is 5.32 Å². The zero-order valence-electron chi connectivity index (χ0n) is 9.27. The highest BCUT2D eigenvalue weighted by molar-refractivity contribution is 7.99. The molecule has 0 saturated carbocycles. The number of hydrogen-bond donors (Lipinski definition) is 2. The monoisotopic (exact) mass is 234 g/mol. The molecule has 0 aliphatic rings. The minimum atomic E-state index is 0.452. The summed E-state index contributed by atoms with van der Waals surface area (Å²) >= 11 is 1.56. The van der Waals surface area contributed by atoms with E-state index in [9.17, 15) is 0 Å². The maximum absolute atomic E-state index is 4.06. The lowest BCUT2D eigenvalue weighted by molar-refractivity contribution is 0.899. The van der Waals surface area contributed by atoms with Gasteiger partial charge >= 0.3 is 0 Å². The quantitative estimate of drug-likeness (QED) is 0.854. The summed E-state index contributed by atoms with van der Waals surface area (Å²) < 4.78 is 0. The number of nitrogens with one attached hydrogen (secondary N) is 2. The van der Waals surface area contributed by atoms with E-state index in [1.807, 2.05) is 0 Å². The van der Waals surface area contributed by atoms with E-state index in [2.05, 4.69) is 58.6 Å². The van der Waals surface area contributed by atoms with Crippen LogP contribution >= 0.6 is 11.8 Å². The van der Waals surface area contributed by atoms with Crippen molar-refractivity contribution in [3.05, 3.63) is 30.6 Å². The Labute approximate surface area is 98.9 Å². The summed E-state index contributed by atoms with van der Waals surface area (Å²) in [5.74, 6) is 0. The summed E-state index contributed by atoms with van der Waals surface area (Å²) in [6.07, 6.45) is 1.51. The van der Waals surface area contributed by atoms with E-state index in [0.717, 1.165) is 15.7 Å². The van der Waals surface area contributed by atoms with Crippen molar-refractivity contribution in [1.29, 1.82) is 0 Å².